The largest absolute Gasteiger partial charge is 0.394 e. The van der Waals surface area contributed by atoms with E-state index in [1.54, 1.807) is 11.9 Å². The van der Waals surface area contributed by atoms with Crippen molar-refractivity contribution in [3.05, 3.63) is 0 Å². The molecule has 1 N–H and O–H groups in total. The highest BCUT2D eigenvalue weighted by atomic mass is 16.5. The summed E-state index contributed by atoms with van der Waals surface area (Å²) < 4.78 is 5.70. The lowest BCUT2D eigenvalue weighted by atomic mass is 10.1. The van der Waals surface area contributed by atoms with Crippen LogP contribution in [0.1, 0.15) is 20.8 Å². The zero-order valence-electron chi connectivity index (χ0n) is 11.3. The van der Waals surface area contributed by atoms with Gasteiger partial charge in [-0.15, -0.1) is 0 Å². The fraction of sp³-hybridized carbons (Fsp3) is 0.917. The van der Waals surface area contributed by atoms with Gasteiger partial charge in [-0.2, -0.15) is 0 Å². The maximum absolute atomic E-state index is 11.8. The van der Waals surface area contributed by atoms with Crippen molar-refractivity contribution in [2.75, 3.05) is 39.8 Å². The normalized spacial score (nSPS) is 24.6. The zero-order chi connectivity index (χ0) is 13.1. The molecule has 1 saturated heterocycles. The molecule has 1 aliphatic rings. The summed E-state index contributed by atoms with van der Waals surface area (Å²) in [5.74, 6) is 0.113. The van der Waals surface area contributed by atoms with Crippen LogP contribution in [0.5, 0.6) is 0 Å². The minimum Gasteiger partial charge on any atom is -0.394 e. The van der Waals surface area contributed by atoms with Crippen molar-refractivity contribution in [3.8, 4) is 0 Å². The number of aliphatic hydroxyl groups excluding tert-OH is 1. The Balaban J connectivity index is 2.56. The molecule has 1 fully saturated rings. The summed E-state index contributed by atoms with van der Waals surface area (Å²) >= 11 is 0. The van der Waals surface area contributed by atoms with E-state index in [4.69, 9.17) is 4.74 Å². The molecule has 0 saturated carbocycles. The molecule has 0 radical (unpaired) electrons. The van der Waals surface area contributed by atoms with E-state index in [9.17, 15) is 9.90 Å². The molecule has 0 aliphatic carbocycles. The second-order valence-corrected chi connectivity index (χ2v) is 5.26. The first kappa shape index (κ1) is 14.4. The van der Waals surface area contributed by atoms with Gasteiger partial charge in [-0.25, -0.2) is 0 Å². The molecule has 0 aromatic carbocycles. The van der Waals surface area contributed by atoms with Crippen LogP contribution in [0.4, 0.5) is 0 Å². The number of rotatable bonds is 4. The van der Waals surface area contributed by atoms with Gasteiger partial charge in [-0.05, 0) is 20.8 Å². The average molecular weight is 244 g/mol. The third-order valence-corrected chi connectivity index (χ3v) is 3.01. The Bertz CT molecular complexity index is 268. The topological polar surface area (TPSA) is 53.0 Å². The van der Waals surface area contributed by atoms with Crippen molar-refractivity contribution in [1.29, 1.82) is 0 Å². The molecule has 1 heterocycles. The lowest BCUT2D eigenvalue weighted by Crippen LogP contribution is -2.55. The molecule has 100 valence electrons. The SMILES string of the molecule is CCN(C)C(=O)CN1CC(CO)OC(C)(C)C1. The van der Waals surface area contributed by atoms with Crippen molar-refractivity contribution in [2.45, 2.75) is 32.5 Å². The molecular formula is C12H24N2O3. The Morgan fingerprint density at radius 1 is 1.59 bits per heavy atom. The molecule has 1 amide bonds. The van der Waals surface area contributed by atoms with Crippen LogP contribution in [0.15, 0.2) is 0 Å². The smallest absolute Gasteiger partial charge is 0.236 e. The van der Waals surface area contributed by atoms with E-state index < -0.39 is 0 Å². The van der Waals surface area contributed by atoms with Crippen LogP contribution in [0.3, 0.4) is 0 Å². The van der Waals surface area contributed by atoms with Crippen LogP contribution in [-0.4, -0.2) is 72.4 Å². The van der Waals surface area contributed by atoms with Gasteiger partial charge in [-0.3, -0.25) is 9.69 Å². The van der Waals surface area contributed by atoms with Crippen LogP contribution >= 0.6 is 0 Å². The fourth-order valence-corrected chi connectivity index (χ4v) is 2.12. The van der Waals surface area contributed by atoms with Crippen LogP contribution in [-0.2, 0) is 9.53 Å². The first-order chi connectivity index (χ1) is 7.88. The van der Waals surface area contributed by atoms with Gasteiger partial charge in [0, 0.05) is 26.7 Å². The number of hydrogen-bond acceptors (Lipinski definition) is 4. The van der Waals surface area contributed by atoms with Crippen LogP contribution in [0, 0.1) is 0 Å². The van der Waals surface area contributed by atoms with Crippen molar-refractivity contribution >= 4 is 5.91 Å². The highest BCUT2D eigenvalue weighted by molar-refractivity contribution is 5.77. The number of morpholine rings is 1. The quantitative estimate of drug-likeness (QED) is 0.752. The molecule has 17 heavy (non-hydrogen) atoms. The minimum atomic E-state index is -0.309. The van der Waals surface area contributed by atoms with Gasteiger partial charge >= 0.3 is 0 Å². The molecule has 1 rings (SSSR count). The van der Waals surface area contributed by atoms with Crippen molar-refractivity contribution < 1.29 is 14.6 Å². The highest BCUT2D eigenvalue weighted by Gasteiger charge is 2.33. The number of likely N-dealkylation sites (N-methyl/N-ethyl adjacent to an activating group) is 1. The number of aliphatic hydroxyl groups is 1. The first-order valence-electron chi connectivity index (χ1n) is 6.13. The zero-order valence-corrected chi connectivity index (χ0v) is 11.3. The molecule has 5 nitrogen and oxygen atoms in total. The lowest BCUT2D eigenvalue weighted by molar-refractivity contribution is -0.155. The summed E-state index contributed by atoms with van der Waals surface area (Å²) in [7, 11) is 1.80. The molecule has 0 aromatic rings. The van der Waals surface area contributed by atoms with Gasteiger partial charge in [0.05, 0.1) is 24.9 Å². The van der Waals surface area contributed by atoms with E-state index >= 15 is 0 Å². The molecule has 0 bridgehead atoms. The van der Waals surface area contributed by atoms with Crippen LogP contribution < -0.4 is 0 Å². The maximum atomic E-state index is 11.8. The number of nitrogens with zero attached hydrogens (tertiary/aromatic N) is 2. The molecule has 0 spiro atoms. The van der Waals surface area contributed by atoms with Gasteiger partial charge in [-0.1, -0.05) is 0 Å². The van der Waals surface area contributed by atoms with E-state index in [2.05, 4.69) is 4.90 Å². The molecule has 1 atom stereocenters. The van der Waals surface area contributed by atoms with E-state index in [0.717, 1.165) is 6.54 Å². The van der Waals surface area contributed by atoms with Crippen molar-refractivity contribution in [2.24, 2.45) is 0 Å². The monoisotopic (exact) mass is 244 g/mol. The maximum Gasteiger partial charge on any atom is 0.236 e. The molecule has 1 unspecified atom stereocenters. The average Bonchev–Trinajstić information content (AvgIpc) is 2.25. The van der Waals surface area contributed by atoms with Gasteiger partial charge in [0.1, 0.15) is 0 Å². The summed E-state index contributed by atoms with van der Waals surface area (Å²) in [6.45, 7) is 8.36. The van der Waals surface area contributed by atoms with E-state index in [1.807, 2.05) is 20.8 Å². The summed E-state index contributed by atoms with van der Waals surface area (Å²) in [4.78, 5) is 15.6. The molecule has 0 aromatic heterocycles. The number of hydrogen-bond donors (Lipinski definition) is 1. The number of carbonyl (C=O) groups is 1. The number of carbonyl (C=O) groups excluding carboxylic acids is 1. The standard InChI is InChI=1S/C12H24N2O3/c1-5-13(4)11(16)7-14-6-10(8-15)17-12(2,3)9-14/h10,15H,5-9H2,1-4H3. The summed E-state index contributed by atoms with van der Waals surface area (Å²) in [5, 5.41) is 9.18. The minimum absolute atomic E-state index is 0.00224. The molecule has 5 heteroatoms. The van der Waals surface area contributed by atoms with Crippen molar-refractivity contribution in [3.63, 3.8) is 0 Å². The molecule has 1 aliphatic heterocycles. The Kier molecular flexibility index (Phi) is 4.91. The van der Waals surface area contributed by atoms with Crippen molar-refractivity contribution in [1.82, 2.24) is 9.80 Å². The summed E-state index contributed by atoms with van der Waals surface area (Å²) in [6.07, 6.45) is -0.196. The van der Waals surface area contributed by atoms with E-state index in [-0.39, 0.29) is 24.2 Å². The van der Waals surface area contributed by atoms with Gasteiger partial charge in [0.2, 0.25) is 5.91 Å². The van der Waals surface area contributed by atoms with E-state index in [0.29, 0.717) is 19.6 Å². The third-order valence-electron chi connectivity index (χ3n) is 3.01. The Labute approximate surface area is 103 Å². The van der Waals surface area contributed by atoms with E-state index in [1.165, 1.54) is 0 Å². The predicted octanol–water partition coefficient (Wildman–Crippen LogP) is -0.0636. The fourth-order valence-electron chi connectivity index (χ4n) is 2.12. The summed E-state index contributed by atoms with van der Waals surface area (Å²) in [5.41, 5.74) is -0.309. The third kappa shape index (κ3) is 4.26. The first-order valence-corrected chi connectivity index (χ1v) is 6.13. The second-order valence-electron chi connectivity index (χ2n) is 5.26. The van der Waals surface area contributed by atoms with Gasteiger partial charge in [0.25, 0.3) is 0 Å². The molecular weight excluding hydrogens is 220 g/mol. The van der Waals surface area contributed by atoms with Gasteiger partial charge in [0.15, 0.2) is 0 Å². The second kappa shape index (κ2) is 5.80. The number of ether oxygens (including phenoxy) is 1. The number of amides is 1. The predicted molar refractivity (Wildman–Crippen MR) is 65.8 cm³/mol. The van der Waals surface area contributed by atoms with Gasteiger partial charge < -0.3 is 14.7 Å². The van der Waals surface area contributed by atoms with Crippen LogP contribution in [0.25, 0.3) is 0 Å². The summed E-state index contributed by atoms with van der Waals surface area (Å²) in [6, 6.07) is 0. The Morgan fingerprint density at radius 2 is 2.24 bits per heavy atom. The highest BCUT2D eigenvalue weighted by Crippen LogP contribution is 2.20. The Hall–Kier alpha value is -0.650. The van der Waals surface area contributed by atoms with Crippen LogP contribution in [0.2, 0.25) is 0 Å². The lowest BCUT2D eigenvalue weighted by Gasteiger charge is -2.42. The Morgan fingerprint density at radius 3 is 2.76 bits per heavy atom.